The highest BCUT2D eigenvalue weighted by molar-refractivity contribution is 5.78. The smallest absolute Gasteiger partial charge is 0.234 e. The largest absolute Gasteiger partial charge is 0.383 e. The lowest BCUT2D eigenvalue weighted by Crippen LogP contribution is -2.44. The van der Waals surface area contributed by atoms with Crippen molar-refractivity contribution in [2.75, 3.05) is 33.4 Å². The van der Waals surface area contributed by atoms with Gasteiger partial charge in [-0.25, -0.2) is 0 Å². The average molecular weight is 228 g/mol. The third kappa shape index (κ3) is 4.94. The van der Waals surface area contributed by atoms with Gasteiger partial charge in [0.25, 0.3) is 0 Å². The normalized spacial score (nSPS) is 20.7. The molecule has 0 aliphatic carbocycles. The van der Waals surface area contributed by atoms with Crippen LogP contribution in [0.25, 0.3) is 0 Å². The van der Waals surface area contributed by atoms with E-state index in [9.17, 15) is 4.79 Å². The number of methoxy groups -OCH3 is 1. The number of hydrogen-bond donors (Lipinski definition) is 1. The molecule has 1 amide bonds. The van der Waals surface area contributed by atoms with Crippen molar-refractivity contribution in [1.29, 1.82) is 0 Å². The molecular weight excluding hydrogens is 204 g/mol. The summed E-state index contributed by atoms with van der Waals surface area (Å²) in [6, 6.07) is 0.0983. The van der Waals surface area contributed by atoms with Gasteiger partial charge in [-0.15, -0.1) is 0 Å². The van der Waals surface area contributed by atoms with Crippen molar-refractivity contribution >= 4 is 5.91 Å². The van der Waals surface area contributed by atoms with Crippen LogP contribution in [0, 0.1) is 5.92 Å². The Bertz CT molecular complexity index is 213. The first-order valence-corrected chi connectivity index (χ1v) is 6.12. The molecule has 1 N–H and O–H groups in total. The standard InChI is InChI=1S/C12H24N2O2/c1-10-4-6-14(7-5-10)8-12(15)13-11(2)9-16-3/h10-11H,4-9H2,1-3H3,(H,13,15). The van der Waals surface area contributed by atoms with Crippen LogP contribution in [0.15, 0.2) is 0 Å². The Morgan fingerprint density at radius 3 is 2.69 bits per heavy atom. The predicted octanol–water partition coefficient (Wildman–Crippen LogP) is 0.869. The lowest BCUT2D eigenvalue weighted by atomic mass is 9.99. The van der Waals surface area contributed by atoms with Gasteiger partial charge < -0.3 is 10.1 Å². The fourth-order valence-electron chi connectivity index (χ4n) is 2.04. The second kappa shape index (κ2) is 6.86. The number of carbonyl (C=O) groups excluding carboxylic acids is 1. The van der Waals surface area contributed by atoms with Crippen molar-refractivity contribution in [1.82, 2.24) is 10.2 Å². The Morgan fingerprint density at radius 1 is 1.50 bits per heavy atom. The number of piperidine rings is 1. The Kier molecular flexibility index (Phi) is 5.77. The molecule has 0 aromatic heterocycles. The fourth-order valence-corrected chi connectivity index (χ4v) is 2.04. The minimum absolute atomic E-state index is 0.0983. The number of ether oxygens (including phenoxy) is 1. The van der Waals surface area contributed by atoms with E-state index in [-0.39, 0.29) is 11.9 Å². The van der Waals surface area contributed by atoms with Crippen molar-refractivity contribution in [3.05, 3.63) is 0 Å². The Labute approximate surface area is 98.3 Å². The summed E-state index contributed by atoms with van der Waals surface area (Å²) in [5, 5.41) is 2.93. The van der Waals surface area contributed by atoms with Gasteiger partial charge in [-0.1, -0.05) is 6.92 Å². The third-order valence-electron chi connectivity index (χ3n) is 3.07. The van der Waals surface area contributed by atoms with E-state index in [0.717, 1.165) is 19.0 Å². The van der Waals surface area contributed by atoms with Crippen LogP contribution in [-0.2, 0) is 9.53 Å². The van der Waals surface area contributed by atoms with E-state index >= 15 is 0 Å². The summed E-state index contributed by atoms with van der Waals surface area (Å²) in [7, 11) is 1.65. The molecule has 16 heavy (non-hydrogen) atoms. The van der Waals surface area contributed by atoms with Gasteiger partial charge in [-0.3, -0.25) is 9.69 Å². The number of likely N-dealkylation sites (tertiary alicyclic amines) is 1. The maximum absolute atomic E-state index is 11.7. The molecule has 1 rings (SSSR count). The molecule has 0 saturated carbocycles. The van der Waals surface area contributed by atoms with Gasteiger partial charge >= 0.3 is 0 Å². The number of amides is 1. The molecule has 0 spiro atoms. The maximum atomic E-state index is 11.7. The van der Waals surface area contributed by atoms with Crippen LogP contribution in [0.4, 0.5) is 0 Å². The molecule has 0 aromatic rings. The van der Waals surface area contributed by atoms with E-state index in [1.54, 1.807) is 7.11 Å². The summed E-state index contributed by atoms with van der Waals surface area (Å²) < 4.78 is 4.98. The average Bonchev–Trinajstić information content (AvgIpc) is 2.21. The highest BCUT2D eigenvalue weighted by Crippen LogP contribution is 2.15. The summed E-state index contributed by atoms with van der Waals surface area (Å²) >= 11 is 0. The van der Waals surface area contributed by atoms with E-state index in [1.807, 2.05) is 6.92 Å². The predicted molar refractivity (Wildman–Crippen MR) is 64.3 cm³/mol. The molecule has 1 heterocycles. The van der Waals surface area contributed by atoms with Gasteiger partial charge in [0.1, 0.15) is 0 Å². The quantitative estimate of drug-likeness (QED) is 0.759. The molecule has 1 atom stereocenters. The molecule has 1 aliphatic heterocycles. The van der Waals surface area contributed by atoms with Crippen molar-refractivity contribution in [3.63, 3.8) is 0 Å². The first-order chi connectivity index (χ1) is 7.61. The van der Waals surface area contributed by atoms with E-state index < -0.39 is 0 Å². The van der Waals surface area contributed by atoms with E-state index in [0.29, 0.717) is 13.2 Å². The highest BCUT2D eigenvalue weighted by Gasteiger charge is 2.18. The van der Waals surface area contributed by atoms with E-state index in [1.165, 1.54) is 12.8 Å². The zero-order valence-electron chi connectivity index (χ0n) is 10.7. The van der Waals surface area contributed by atoms with Crippen molar-refractivity contribution < 1.29 is 9.53 Å². The second-order valence-corrected chi connectivity index (χ2v) is 4.88. The molecule has 94 valence electrons. The molecule has 1 aliphatic rings. The third-order valence-corrected chi connectivity index (χ3v) is 3.07. The number of carbonyl (C=O) groups is 1. The fraction of sp³-hybridized carbons (Fsp3) is 0.917. The van der Waals surface area contributed by atoms with Crippen LogP contribution in [0.5, 0.6) is 0 Å². The van der Waals surface area contributed by atoms with E-state index in [4.69, 9.17) is 4.74 Å². The first kappa shape index (κ1) is 13.5. The molecule has 1 fully saturated rings. The van der Waals surface area contributed by atoms with Crippen LogP contribution < -0.4 is 5.32 Å². The first-order valence-electron chi connectivity index (χ1n) is 6.12. The van der Waals surface area contributed by atoms with Crippen LogP contribution >= 0.6 is 0 Å². The number of rotatable bonds is 5. The van der Waals surface area contributed by atoms with Crippen LogP contribution in [0.1, 0.15) is 26.7 Å². The summed E-state index contributed by atoms with van der Waals surface area (Å²) in [4.78, 5) is 13.9. The SMILES string of the molecule is COCC(C)NC(=O)CN1CCC(C)CC1. The summed E-state index contributed by atoms with van der Waals surface area (Å²) in [6.45, 7) is 7.43. The molecule has 1 unspecified atom stereocenters. The number of hydrogen-bond acceptors (Lipinski definition) is 3. The lowest BCUT2D eigenvalue weighted by molar-refractivity contribution is -0.123. The van der Waals surface area contributed by atoms with Gasteiger partial charge in [0.15, 0.2) is 0 Å². The number of nitrogens with one attached hydrogen (secondary N) is 1. The van der Waals surface area contributed by atoms with Crippen molar-refractivity contribution in [2.45, 2.75) is 32.7 Å². The molecular formula is C12H24N2O2. The minimum atomic E-state index is 0.0983. The van der Waals surface area contributed by atoms with Crippen molar-refractivity contribution in [2.24, 2.45) is 5.92 Å². The monoisotopic (exact) mass is 228 g/mol. The molecule has 0 bridgehead atoms. The summed E-state index contributed by atoms with van der Waals surface area (Å²) in [5.74, 6) is 0.922. The Balaban J connectivity index is 2.18. The molecule has 0 aromatic carbocycles. The molecule has 0 radical (unpaired) electrons. The molecule has 1 saturated heterocycles. The van der Waals surface area contributed by atoms with Gasteiger partial charge in [-0.2, -0.15) is 0 Å². The Morgan fingerprint density at radius 2 is 2.12 bits per heavy atom. The van der Waals surface area contributed by atoms with Gasteiger partial charge in [-0.05, 0) is 38.8 Å². The van der Waals surface area contributed by atoms with Gasteiger partial charge in [0, 0.05) is 13.2 Å². The number of nitrogens with zero attached hydrogens (tertiary/aromatic N) is 1. The second-order valence-electron chi connectivity index (χ2n) is 4.88. The Hall–Kier alpha value is -0.610. The van der Waals surface area contributed by atoms with Gasteiger partial charge in [0.2, 0.25) is 5.91 Å². The zero-order chi connectivity index (χ0) is 12.0. The molecule has 4 heteroatoms. The van der Waals surface area contributed by atoms with Crippen LogP contribution in [0.3, 0.4) is 0 Å². The lowest BCUT2D eigenvalue weighted by Gasteiger charge is -2.29. The topological polar surface area (TPSA) is 41.6 Å². The van der Waals surface area contributed by atoms with Gasteiger partial charge in [0.05, 0.1) is 13.2 Å². The van der Waals surface area contributed by atoms with Crippen LogP contribution in [-0.4, -0.2) is 50.2 Å². The van der Waals surface area contributed by atoms with Crippen molar-refractivity contribution in [3.8, 4) is 0 Å². The minimum Gasteiger partial charge on any atom is -0.383 e. The highest BCUT2D eigenvalue weighted by atomic mass is 16.5. The maximum Gasteiger partial charge on any atom is 0.234 e. The van der Waals surface area contributed by atoms with E-state index in [2.05, 4.69) is 17.1 Å². The summed E-state index contributed by atoms with van der Waals surface area (Å²) in [5.41, 5.74) is 0. The van der Waals surface area contributed by atoms with Crippen LogP contribution in [0.2, 0.25) is 0 Å². The molecule has 4 nitrogen and oxygen atoms in total. The summed E-state index contributed by atoms with van der Waals surface area (Å²) in [6.07, 6.45) is 2.42. The zero-order valence-corrected chi connectivity index (χ0v) is 10.7.